The third-order valence-electron chi connectivity index (χ3n) is 2.86. The Kier molecular flexibility index (Phi) is 5.11. The highest BCUT2D eigenvalue weighted by Gasteiger charge is 2.21. The van der Waals surface area contributed by atoms with Crippen molar-refractivity contribution in [3.63, 3.8) is 0 Å². The summed E-state index contributed by atoms with van der Waals surface area (Å²) in [5, 5.41) is -1.09. The number of aryl methyl sites for hydroxylation is 1. The Hall–Kier alpha value is -0.160. The van der Waals surface area contributed by atoms with E-state index in [0.29, 0.717) is 5.56 Å². The lowest BCUT2D eigenvalue weighted by Crippen LogP contribution is -2.00. The lowest BCUT2D eigenvalue weighted by atomic mass is 10.0. The molecule has 2 aromatic rings. The molecule has 0 aromatic heterocycles. The van der Waals surface area contributed by atoms with Gasteiger partial charge in [-0.25, -0.2) is 8.78 Å². The molecule has 0 aliphatic heterocycles. The third-order valence-corrected chi connectivity index (χ3v) is 5.16. The van der Waals surface area contributed by atoms with Crippen molar-refractivity contribution >= 4 is 55.1 Å². The summed E-state index contributed by atoms with van der Waals surface area (Å²) in [6.45, 7) is 1.92. The molecule has 0 amide bonds. The summed E-state index contributed by atoms with van der Waals surface area (Å²) in [5.74, 6) is -1.34. The van der Waals surface area contributed by atoms with Crippen LogP contribution in [0.2, 0.25) is 5.02 Å². The van der Waals surface area contributed by atoms with E-state index in [4.69, 9.17) is 23.2 Å². The van der Waals surface area contributed by atoms with Gasteiger partial charge in [0.05, 0.1) is 10.4 Å². The van der Waals surface area contributed by atoms with Crippen LogP contribution in [0.15, 0.2) is 33.2 Å². The molecular formula is C14H8Br2Cl2F2. The quantitative estimate of drug-likeness (QED) is 0.354. The van der Waals surface area contributed by atoms with Gasteiger partial charge >= 0.3 is 0 Å². The molecule has 106 valence electrons. The molecule has 0 heterocycles. The normalized spacial score (nSPS) is 12.6. The van der Waals surface area contributed by atoms with Gasteiger partial charge in [0.1, 0.15) is 11.6 Å². The fourth-order valence-corrected chi connectivity index (χ4v) is 3.43. The van der Waals surface area contributed by atoms with E-state index in [1.54, 1.807) is 6.07 Å². The summed E-state index contributed by atoms with van der Waals surface area (Å²) in [6.07, 6.45) is 0. The topological polar surface area (TPSA) is 0 Å². The molecule has 0 aliphatic rings. The van der Waals surface area contributed by atoms with Crippen LogP contribution in [0, 0.1) is 18.6 Å². The first-order chi connectivity index (χ1) is 9.31. The zero-order valence-electron chi connectivity index (χ0n) is 10.2. The summed E-state index contributed by atoms with van der Waals surface area (Å²) in [7, 11) is 0. The van der Waals surface area contributed by atoms with E-state index in [2.05, 4.69) is 31.9 Å². The predicted molar refractivity (Wildman–Crippen MR) is 85.6 cm³/mol. The van der Waals surface area contributed by atoms with Gasteiger partial charge in [-0.1, -0.05) is 43.5 Å². The lowest BCUT2D eigenvalue weighted by Gasteiger charge is -2.15. The van der Waals surface area contributed by atoms with Crippen molar-refractivity contribution in [1.82, 2.24) is 0 Å². The Labute approximate surface area is 142 Å². The Morgan fingerprint density at radius 3 is 2.25 bits per heavy atom. The van der Waals surface area contributed by atoms with E-state index in [1.807, 2.05) is 13.0 Å². The van der Waals surface area contributed by atoms with Crippen molar-refractivity contribution < 1.29 is 8.78 Å². The maximum atomic E-state index is 13.9. The van der Waals surface area contributed by atoms with Crippen molar-refractivity contribution in [2.24, 2.45) is 0 Å². The second-order valence-corrected chi connectivity index (χ2v) is 6.83. The molecule has 0 fully saturated rings. The van der Waals surface area contributed by atoms with Crippen LogP contribution in [0.4, 0.5) is 8.78 Å². The first-order valence-corrected chi connectivity index (χ1v) is 7.95. The molecule has 20 heavy (non-hydrogen) atoms. The lowest BCUT2D eigenvalue weighted by molar-refractivity contribution is 0.587. The van der Waals surface area contributed by atoms with Crippen molar-refractivity contribution in [2.75, 3.05) is 0 Å². The highest BCUT2D eigenvalue weighted by Crippen LogP contribution is 2.38. The molecule has 2 rings (SSSR count). The molecule has 0 saturated heterocycles. The maximum absolute atomic E-state index is 13.9. The van der Waals surface area contributed by atoms with Crippen LogP contribution >= 0.6 is 55.1 Å². The van der Waals surface area contributed by atoms with E-state index in [1.165, 1.54) is 0 Å². The van der Waals surface area contributed by atoms with Crippen molar-refractivity contribution in [2.45, 2.75) is 12.3 Å². The standard InChI is InChI=1S/C14H8Br2Cl2F2/c1-6-2-10(16)7(3-9(6)15)14(18)8-4-13(20)11(17)5-12(8)19/h2-5,14H,1H3. The van der Waals surface area contributed by atoms with E-state index < -0.39 is 17.0 Å². The van der Waals surface area contributed by atoms with Gasteiger partial charge in [-0.2, -0.15) is 0 Å². The second-order valence-electron chi connectivity index (χ2n) is 4.27. The Morgan fingerprint density at radius 1 is 0.950 bits per heavy atom. The summed E-state index contributed by atoms with van der Waals surface area (Å²) in [5.41, 5.74) is 1.70. The number of hydrogen-bond donors (Lipinski definition) is 0. The molecule has 2 aromatic carbocycles. The van der Waals surface area contributed by atoms with Crippen LogP contribution < -0.4 is 0 Å². The molecule has 0 N–H and O–H groups in total. The fraction of sp³-hybridized carbons (Fsp3) is 0.143. The molecule has 1 unspecified atom stereocenters. The molecule has 6 heteroatoms. The van der Waals surface area contributed by atoms with Gasteiger partial charge < -0.3 is 0 Å². The van der Waals surface area contributed by atoms with E-state index in [9.17, 15) is 8.78 Å². The summed E-state index contributed by atoms with van der Waals surface area (Å²) in [6, 6.07) is 5.59. The van der Waals surface area contributed by atoms with Crippen molar-refractivity contribution in [1.29, 1.82) is 0 Å². The second kappa shape index (κ2) is 6.30. The predicted octanol–water partition coefficient (Wildman–Crippen LogP) is 6.78. The first-order valence-electron chi connectivity index (χ1n) is 5.55. The van der Waals surface area contributed by atoms with E-state index >= 15 is 0 Å². The van der Waals surface area contributed by atoms with Gasteiger partial charge in [-0.15, -0.1) is 11.6 Å². The van der Waals surface area contributed by atoms with Gasteiger partial charge in [0.15, 0.2) is 0 Å². The monoisotopic (exact) mass is 442 g/mol. The Morgan fingerprint density at radius 2 is 1.60 bits per heavy atom. The third kappa shape index (κ3) is 3.19. The number of halogens is 6. The largest absolute Gasteiger partial charge is 0.207 e. The molecule has 0 nitrogen and oxygen atoms in total. The molecule has 0 aliphatic carbocycles. The highest BCUT2D eigenvalue weighted by molar-refractivity contribution is 9.11. The van der Waals surface area contributed by atoms with E-state index in [-0.39, 0.29) is 10.6 Å². The molecular weight excluding hydrogens is 437 g/mol. The van der Waals surface area contributed by atoms with E-state index in [0.717, 1.165) is 26.6 Å². The SMILES string of the molecule is Cc1cc(Br)c(C(Cl)c2cc(F)c(Cl)cc2F)cc1Br. The molecule has 0 saturated carbocycles. The molecule has 0 radical (unpaired) electrons. The number of benzene rings is 2. The smallest absolute Gasteiger partial charge is 0.142 e. The zero-order chi connectivity index (χ0) is 15.0. The minimum atomic E-state index is -0.826. The van der Waals surface area contributed by atoms with Crippen LogP contribution in [-0.4, -0.2) is 0 Å². The fourth-order valence-electron chi connectivity index (χ4n) is 1.76. The molecule has 1 atom stereocenters. The van der Waals surface area contributed by atoms with Gasteiger partial charge in [0, 0.05) is 14.5 Å². The highest BCUT2D eigenvalue weighted by atomic mass is 79.9. The summed E-state index contributed by atoms with van der Waals surface area (Å²) >= 11 is 18.6. The van der Waals surface area contributed by atoms with Gasteiger partial charge in [0.25, 0.3) is 0 Å². The number of alkyl halides is 1. The average molecular weight is 445 g/mol. The molecule has 0 bridgehead atoms. The minimum Gasteiger partial charge on any atom is -0.207 e. The summed E-state index contributed by atoms with van der Waals surface area (Å²) in [4.78, 5) is 0. The van der Waals surface area contributed by atoms with Crippen LogP contribution in [0.5, 0.6) is 0 Å². The zero-order valence-corrected chi connectivity index (χ0v) is 14.8. The van der Waals surface area contributed by atoms with Crippen molar-refractivity contribution in [3.8, 4) is 0 Å². The van der Waals surface area contributed by atoms with Gasteiger partial charge in [-0.3, -0.25) is 0 Å². The van der Waals surface area contributed by atoms with Crippen molar-refractivity contribution in [3.05, 3.63) is 66.6 Å². The number of rotatable bonds is 2. The number of hydrogen-bond acceptors (Lipinski definition) is 0. The van der Waals surface area contributed by atoms with Crippen LogP contribution in [0.25, 0.3) is 0 Å². The summed E-state index contributed by atoms with van der Waals surface area (Å²) < 4.78 is 29.0. The van der Waals surface area contributed by atoms with Gasteiger partial charge in [-0.05, 0) is 42.3 Å². The Bertz CT molecular complexity index is 617. The molecule has 0 spiro atoms. The maximum Gasteiger partial charge on any atom is 0.142 e. The Balaban J connectivity index is 2.54. The average Bonchev–Trinajstić information content (AvgIpc) is 2.37. The minimum absolute atomic E-state index is 0.0463. The van der Waals surface area contributed by atoms with Crippen LogP contribution in [0.3, 0.4) is 0 Å². The van der Waals surface area contributed by atoms with Crippen LogP contribution in [-0.2, 0) is 0 Å². The van der Waals surface area contributed by atoms with Gasteiger partial charge in [0.2, 0.25) is 0 Å². The van der Waals surface area contributed by atoms with Crippen LogP contribution in [0.1, 0.15) is 22.1 Å². The first kappa shape index (κ1) is 16.2.